The molecule has 1 heterocycles. The summed E-state index contributed by atoms with van der Waals surface area (Å²) in [6.45, 7) is 10.9. The standard InChI is InChI=1S/C17H24N4O/c1-6-22-14-9-7-13(8-10-14)19-16-18-12(2)11-15(20-16)21-17(3,4)5/h7-11H,6H2,1-5H3,(H2,18,19,20,21). The number of nitrogens with one attached hydrogen (secondary N) is 2. The van der Waals surface area contributed by atoms with Gasteiger partial charge in [0.15, 0.2) is 0 Å². The van der Waals surface area contributed by atoms with E-state index >= 15 is 0 Å². The Labute approximate surface area is 132 Å². The Hall–Kier alpha value is -2.30. The molecular weight excluding hydrogens is 276 g/mol. The molecule has 2 N–H and O–H groups in total. The van der Waals surface area contributed by atoms with Crippen LogP contribution in [0.25, 0.3) is 0 Å². The number of hydrogen-bond donors (Lipinski definition) is 2. The summed E-state index contributed by atoms with van der Waals surface area (Å²) in [6.07, 6.45) is 0. The monoisotopic (exact) mass is 300 g/mol. The summed E-state index contributed by atoms with van der Waals surface area (Å²) in [6, 6.07) is 9.70. The van der Waals surface area contributed by atoms with Crippen LogP contribution < -0.4 is 15.4 Å². The van der Waals surface area contributed by atoms with E-state index in [0.717, 1.165) is 22.9 Å². The highest BCUT2D eigenvalue weighted by molar-refractivity contribution is 5.56. The Morgan fingerprint density at radius 3 is 2.36 bits per heavy atom. The number of ether oxygens (including phenoxy) is 1. The van der Waals surface area contributed by atoms with E-state index in [9.17, 15) is 0 Å². The molecule has 0 bridgehead atoms. The smallest absolute Gasteiger partial charge is 0.229 e. The molecule has 0 radical (unpaired) electrons. The fourth-order valence-corrected chi connectivity index (χ4v) is 2.00. The van der Waals surface area contributed by atoms with Gasteiger partial charge in [-0.2, -0.15) is 4.98 Å². The fraction of sp³-hybridized carbons (Fsp3) is 0.412. The van der Waals surface area contributed by atoms with Gasteiger partial charge >= 0.3 is 0 Å². The lowest BCUT2D eigenvalue weighted by atomic mass is 10.1. The molecule has 0 saturated carbocycles. The molecule has 1 aromatic heterocycles. The van der Waals surface area contributed by atoms with Gasteiger partial charge < -0.3 is 15.4 Å². The second-order valence-electron chi connectivity index (χ2n) is 6.18. The van der Waals surface area contributed by atoms with Crippen molar-refractivity contribution in [3.8, 4) is 5.75 Å². The Balaban J connectivity index is 2.15. The van der Waals surface area contributed by atoms with Crippen molar-refractivity contribution in [3.63, 3.8) is 0 Å². The Morgan fingerprint density at radius 1 is 1.09 bits per heavy atom. The summed E-state index contributed by atoms with van der Waals surface area (Å²) in [5.41, 5.74) is 1.79. The van der Waals surface area contributed by atoms with Crippen molar-refractivity contribution in [3.05, 3.63) is 36.0 Å². The molecule has 0 fully saturated rings. The highest BCUT2D eigenvalue weighted by Gasteiger charge is 2.11. The molecule has 1 aromatic carbocycles. The quantitative estimate of drug-likeness (QED) is 0.869. The van der Waals surface area contributed by atoms with Gasteiger partial charge in [-0.25, -0.2) is 4.98 Å². The molecule has 0 saturated heterocycles. The van der Waals surface area contributed by atoms with Crippen LogP contribution in [0.3, 0.4) is 0 Å². The molecule has 22 heavy (non-hydrogen) atoms. The molecule has 2 rings (SSSR count). The zero-order valence-electron chi connectivity index (χ0n) is 13.9. The number of nitrogens with zero attached hydrogens (tertiary/aromatic N) is 2. The van der Waals surface area contributed by atoms with Crippen molar-refractivity contribution in [2.24, 2.45) is 0 Å². The van der Waals surface area contributed by atoms with E-state index < -0.39 is 0 Å². The van der Waals surface area contributed by atoms with Gasteiger partial charge in [0.25, 0.3) is 0 Å². The van der Waals surface area contributed by atoms with Crippen molar-refractivity contribution in [2.45, 2.75) is 40.2 Å². The topological polar surface area (TPSA) is 59.1 Å². The average Bonchev–Trinajstić information content (AvgIpc) is 2.38. The first-order chi connectivity index (χ1) is 10.4. The summed E-state index contributed by atoms with van der Waals surface area (Å²) < 4.78 is 5.44. The normalized spacial score (nSPS) is 11.1. The highest BCUT2D eigenvalue weighted by atomic mass is 16.5. The zero-order chi connectivity index (χ0) is 16.2. The number of rotatable bonds is 5. The summed E-state index contributed by atoms with van der Waals surface area (Å²) in [5, 5.41) is 6.59. The maximum absolute atomic E-state index is 5.44. The number of anilines is 3. The van der Waals surface area contributed by atoms with E-state index in [-0.39, 0.29) is 5.54 Å². The largest absolute Gasteiger partial charge is 0.494 e. The van der Waals surface area contributed by atoms with Crippen LogP contribution >= 0.6 is 0 Å². The summed E-state index contributed by atoms with van der Waals surface area (Å²) >= 11 is 0. The van der Waals surface area contributed by atoms with Crippen LogP contribution in [0, 0.1) is 6.92 Å². The van der Waals surface area contributed by atoms with E-state index in [4.69, 9.17) is 4.74 Å². The first-order valence-corrected chi connectivity index (χ1v) is 7.49. The second-order valence-corrected chi connectivity index (χ2v) is 6.18. The highest BCUT2D eigenvalue weighted by Crippen LogP contribution is 2.20. The van der Waals surface area contributed by atoms with Crippen molar-refractivity contribution < 1.29 is 4.74 Å². The van der Waals surface area contributed by atoms with Crippen molar-refractivity contribution in [1.29, 1.82) is 0 Å². The van der Waals surface area contributed by atoms with Gasteiger partial charge in [-0.1, -0.05) is 0 Å². The minimum atomic E-state index is -0.0444. The van der Waals surface area contributed by atoms with E-state index in [1.165, 1.54) is 0 Å². The molecule has 0 amide bonds. The van der Waals surface area contributed by atoms with Crippen molar-refractivity contribution in [2.75, 3.05) is 17.2 Å². The molecule has 0 spiro atoms. The molecule has 5 nitrogen and oxygen atoms in total. The van der Waals surface area contributed by atoms with E-state index in [1.807, 2.05) is 44.2 Å². The maximum atomic E-state index is 5.44. The lowest BCUT2D eigenvalue weighted by molar-refractivity contribution is 0.340. The average molecular weight is 300 g/mol. The van der Waals surface area contributed by atoms with Gasteiger partial charge in [-0.15, -0.1) is 0 Å². The number of benzene rings is 1. The lowest BCUT2D eigenvalue weighted by Gasteiger charge is -2.21. The van der Waals surface area contributed by atoms with Gasteiger partial charge in [0.05, 0.1) is 6.61 Å². The van der Waals surface area contributed by atoms with Crippen LogP contribution in [-0.4, -0.2) is 22.1 Å². The molecule has 2 aromatic rings. The summed E-state index contributed by atoms with van der Waals surface area (Å²) in [5.74, 6) is 2.25. The third-order valence-electron chi connectivity index (χ3n) is 2.78. The van der Waals surface area contributed by atoms with Gasteiger partial charge in [0, 0.05) is 23.0 Å². The van der Waals surface area contributed by atoms with Crippen molar-refractivity contribution >= 4 is 17.5 Å². The lowest BCUT2D eigenvalue weighted by Crippen LogP contribution is -2.27. The molecular formula is C17H24N4O. The van der Waals surface area contributed by atoms with Crippen LogP contribution in [0.1, 0.15) is 33.4 Å². The first-order valence-electron chi connectivity index (χ1n) is 7.49. The maximum Gasteiger partial charge on any atom is 0.229 e. The van der Waals surface area contributed by atoms with E-state index in [1.54, 1.807) is 0 Å². The Kier molecular flexibility index (Phi) is 4.85. The summed E-state index contributed by atoms with van der Waals surface area (Å²) in [7, 11) is 0. The zero-order valence-corrected chi connectivity index (χ0v) is 13.9. The van der Waals surface area contributed by atoms with Gasteiger partial charge in [0.2, 0.25) is 5.95 Å². The van der Waals surface area contributed by atoms with Crippen LogP contribution in [0.4, 0.5) is 17.5 Å². The molecule has 0 unspecified atom stereocenters. The van der Waals surface area contributed by atoms with E-state index in [2.05, 4.69) is 41.4 Å². The van der Waals surface area contributed by atoms with Crippen LogP contribution in [0.2, 0.25) is 0 Å². The third kappa shape index (κ3) is 4.91. The van der Waals surface area contributed by atoms with Gasteiger partial charge in [-0.05, 0) is 58.9 Å². The predicted octanol–water partition coefficient (Wildman–Crippen LogP) is 4.14. The SMILES string of the molecule is CCOc1ccc(Nc2nc(C)cc(NC(C)(C)C)n2)cc1. The summed E-state index contributed by atoms with van der Waals surface area (Å²) in [4.78, 5) is 8.93. The molecule has 0 aliphatic heterocycles. The van der Waals surface area contributed by atoms with Crippen LogP contribution in [0.5, 0.6) is 5.75 Å². The van der Waals surface area contributed by atoms with Crippen molar-refractivity contribution in [1.82, 2.24) is 9.97 Å². The minimum Gasteiger partial charge on any atom is -0.494 e. The molecule has 5 heteroatoms. The molecule has 0 atom stereocenters. The number of aryl methyl sites for hydroxylation is 1. The number of hydrogen-bond acceptors (Lipinski definition) is 5. The fourth-order valence-electron chi connectivity index (χ4n) is 2.00. The predicted molar refractivity (Wildman–Crippen MR) is 91.0 cm³/mol. The van der Waals surface area contributed by atoms with Gasteiger partial charge in [-0.3, -0.25) is 0 Å². The molecule has 118 valence electrons. The van der Waals surface area contributed by atoms with Crippen LogP contribution in [-0.2, 0) is 0 Å². The Bertz CT molecular complexity index is 618. The van der Waals surface area contributed by atoms with Gasteiger partial charge in [0.1, 0.15) is 11.6 Å². The second kappa shape index (κ2) is 6.64. The molecule has 0 aliphatic carbocycles. The first kappa shape index (κ1) is 16.1. The van der Waals surface area contributed by atoms with E-state index in [0.29, 0.717) is 12.6 Å². The molecule has 0 aliphatic rings. The Morgan fingerprint density at radius 2 is 1.77 bits per heavy atom. The van der Waals surface area contributed by atoms with Crippen LogP contribution in [0.15, 0.2) is 30.3 Å². The minimum absolute atomic E-state index is 0.0444. The third-order valence-corrected chi connectivity index (χ3v) is 2.78. The number of aromatic nitrogens is 2.